The summed E-state index contributed by atoms with van der Waals surface area (Å²) in [7, 11) is 0. The van der Waals surface area contributed by atoms with Crippen molar-refractivity contribution in [2.45, 2.75) is 0 Å². The molecule has 6 aromatic carbocycles. The van der Waals surface area contributed by atoms with Gasteiger partial charge in [-0.1, -0.05) is 97.1 Å². The van der Waals surface area contributed by atoms with Crippen molar-refractivity contribution in [1.82, 2.24) is 29.1 Å². The average Bonchev–Trinajstić information content (AvgIpc) is 3.86. The van der Waals surface area contributed by atoms with Gasteiger partial charge >= 0.3 is 0 Å². The Labute approximate surface area is 295 Å². The average molecular weight is 671 g/mol. The molecule has 0 aliphatic heterocycles. The molecule has 0 aliphatic rings. The van der Waals surface area contributed by atoms with Crippen LogP contribution in [-0.2, 0) is 0 Å². The van der Waals surface area contributed by atoms with Gasteiger partial charge in [0.1, 0.15) is 5.65 Å². The van der Waals surface area contributed by atoms with Crippen LogP contribution in [0, 0.1) is 0 Å². The molecule has 0 amide bonds. The first kappa shape index (κ1) is 28.2. The van der Waals surface area contributed by atoms with Crippen LogP contribution in [0.3, 0.4) is 0 Å². The maximum absolute atomic E-state index is 5.34. The second-order valence-electron chi connectivity index (χ2n) is 12.7. The minimum Gasteiger partial charge on any atom is -0.293 e. The monoisotopic (exact) mass is 670 g/mol. The second kappa shape index (κ2) is 10.9. The van der Waals surface area contributed by atoms with Crippen LogP contribution < -0.4 is 0 Å². The predicted molar refractivity (Wildman–Crippen MR) is 210 cm³/mol. The van der Waals surface area contributed by atoms with Gasteiger partial charge in [-0.3, -0.25) is 9.13 Å². The molecule has 6 nitrogen and oxygen atoms in total. The molecule has 51 heavy (non-hydrogen) atoms. The van der Waals surface area contributed by atoms with Crippen LogP contribution in [0.25, 0.3) is 98.3 Å². The third-order valence-electron chi connectivity index (χ3n) is 9.85. The zero-order valence-electron chi connectivity index (χ0n) is 27.1. The summed E-state index contributed by atoms with van der Waals surface area (Å²) in [6.45, 7) is 0. The third kappa shape index (κ3) is 4.16. The number of para-hydroxylation sites is 3. The number of hydrogen-bond acceptors (Lipinski definition) is 5. The van der Waals surface area contributed by atoms with Gasteiger partial charge in [-0.2, -0.15) is 9.97 Å². The molecule has 11 aromatic rings. The van der Waals surface area contributed by atoms with Gasteiger partial charge in [0.05, 0.1) is 22.2 Å². The van der Waals surface area contributed by atoms with Crippen molar-refractivity contribution in [2.24, 2.45) is 0 Å². The molecule has 11 rings (SSSR count). The van der Waals surface area contributed by atoms with Gasteiger partial charge in [-0.05, 0) is 54.6 Å². The lowest BCUT2D eigenvalue weighted by Crippen LogP contribution is -2.08. The summed E-state index contributed by atoms with van der Waals surface area (Å²) in [5, 5.41) is 7.16. The molecule has 0 saturated heterocycles. The number of nitrogens with zero attached hydrogens (tertiary/aromatic N) is 6. The van der Waals surface area contributed by atoms with Gasteiger partial charge in [0.15, 0.2) is 11.6 Å². The lowest BCUT2D eigenvalue weighted by Gasteiger charge is -2.14. The topological polar surface area (TPSA) is 61.4 Å². The van der Waals surface area contributed by atoms with E-state index in [2.05, 4.69) is 130 Å². The summed E-state index contributed by atoms with van der Waals surface area (Å²) >= 11 is 1.83. The largest absolute Gasteiger partial charge is 0.293 e. The Morgan fingerprint density at radius 3 is 2.00 bits per heavy atom. The highest BCUT2D eigenvalue weighted by molar-refractivity contribution is 7.26. The van der Waals surface area contributed by atoms with Gasteiger partial charge in [-0.15, -0.1) is 11.3 Å². The van der Waals surface area contributed by atoms with Crippen molar-refractivity contribution in [1.29, 1.82) is 0 Å². The summed E-state index contributed by atoms with van der Waals surface area (Å²) in [6.07, 6.45) is 1.85. The van der Waals surface area contributed by atoms with Gasteiger partial charge in [0, 0.05) is 59.0 Å². The normalized spacial score (nSPS) is 11.9. The van der Waals surface area contributed by atoms with E-state index in [0.717, 1.165) is 49.8 Å². The molecule has 238 valence electrons. The van der Waals surface area contributed by atoms with Crippen molar-refractivity contribution in [3.05, 3.63) is 158 Å². The highest BCUT2D eigenvalue weighted by Crippen LogP contribution is 2.43. The summed E-state index contributed by atoms with van der Waals surface area (Å²) in [4.78, 5) is 20.6. The van der Waals surface area contributed by atoms with Gasteiger partial charge in [0.25, 0.3) is 0 Å². The molecule has 5 heterocycles. The van der Waals surface area contributed by atoms with Gasteiger partial charge < -0.3 is 0 Å². The number of aromatic nitrogens is 6. The Kier molecular flexibility index (Phi) is 6.02. The maximum Gasteiger partial charge on any atom is 0.238 e. The smallest absolute Gasteiger partial charge is 0.238 e. The van der Waals surface area contributed by atoms with Crippen LogP contribution in [0.2, 0.25) is 0 Å². The molecule has 0 spiro atoms. The Hall–Kier alpha value is -6.70. The summed E-state index contributed by atoms with van der Waals surface area (Å²) in [5.74, 6) is 1.77. The Morgan fingerprint density at radius 1 is 0.431 bits per heavy atom. The minimum atomic E-state index is 0.569. The maximum atomic E-state index is 5.34. The van der Waals surface area contributed by atoms with E-state index >= 15 is 0 Å². The van der Waals surface area contributed by atoms with E-state index in [-0.39, 0.29) is 0 Å². The molecule has 0 radical (unpaired) electrons. The molecule has 0 aliphatic carbocycles. The summed E-state index contributed by atoms with van der Waals surface area (Å²) in [5.41, 5.74) is 6.83. The van der Waals surface area contributed by atoms with Crippen molar-refractivity contribution in [3.63, 3.8) is 0 Å². The van der Waals surface area contributed by atoms with E-state index in [1.165, 1.54) is 30.9 Å². The van der Waals surface area contributed by atoms with Crippen LogP contribution in [0.4, 0.5) is 0 Å². The molecule has 0 atom stereocenters. The Balaban J connectivity index is 1.23. The fourth-order valence-corrected chi connectivity index (χ4v) is 8.80. The number of fused-ring (bicyclic) bond motifs is 10. The van der Waals surface area contributed by atoms with Crippen LogP contribution in [0.1, 0.15) is 0 Å². The van der Waals surface area contributed by atoms with Gasteiger partial charge in [0.2, 0.25) is 5.95 Å². The van der Waals surface area contributed by atoms with Crippen LogP contribution in [-0.4, -0.2) is 29.1 Å². The van der Waals surface area contributed by atoms with Crippen LogP contribution in [0.5, 0.6) is 0 Å². The number of benzene rings is 6. The first-order valence-electron chi connectivity index (χ1n) is 16.9. The van der Waals surface area contributed by atoms with E-state index in [4.69, 9.17) is 19.9 Å². The third-order valence-corrected chi connectivity index (χ3v) is 11.0. The fourth-order valence-electron chi connectivity index (χ4n) is 7.69. The molecule has 0 N–H and O–H groups in total. The van der Waals surface area contributed by atoms with E-state index in [9.17, 15) is 0 Å². The standard InChI is InChI=1S/C44H26N6S/c1-2-13-27(14-3-1)41-46-42(31-17-6-10-22-35(31)49-33-20-8-4-15-28(33)29-19-12-26-45-43(29)49)48-44(47-41)50-34-21-9-5-16-30(34)39-36(50)24-25-38-40(39)32-18-7-11-23-37(32)51-38/h1-26H. The van der Waals surface area contributed by atoms with E-state index in [1.54, 1.807) is 0 Å². The molecule has 0 unspecified atom stereocenters. The second-order valence-corrected chi connectivity index (χ2v) is 13.8. The highest BCUT2D eigenvalue weighted by Gasteiger charge is 2.22. The van der Waals surface area contributed by atoms with Crippen molar-refractivity contribution >= 4 is 75.3 Å². The van der Waals surface area contributed by atoms with Crippen LogP contribution >= 0.6 is 11.3 Å². The predicted octanol–water partition coefficient (Wildman–Crippen LogP) is 11.2. The zero-order valence-corrected chi connectivity index (χ0v) is 27.9. The number of rotatable bonds is 4. The lowest BCUT2D eigenvalue weighted by atomic mass is 10.1. The van der Waals surface area contributed by atoms with E-state index < -0.39 is 0 Å². The SMILES string of the molecule is c1ccc(-c2nc(-c3ccccc3-n3c4ccccc4c4cccnc43)nc(-n3c4ccccc4c4c5c(ccc43)sc3ccccc35)n2)cc1. The van der Waals surface area contributed by atoms with Gasteiger partial charge in [-0.25, -0.2) is 9.97 Å². The Bertz CT molecular complexity index is 3100. The molecule has 0 bridgehead atoms. The number of hydrogen-bond donors (Lipinski definition) is 0. The molecule has 5 aromatic heterocycles. The molecular weight excluding hydrogens is 645 g/mol. The minimum absolute atomic E-state index is 0.569. The van der Waals surface area contributed by atoms with E-state index in [0.29, 0.717) is 17.6 Å². The Morgan fingerprint density at radius 2 is 1.12 bits per heavy atom. The van der Waals surface area contributed by atoms with Crippen molar-refractivity contribution in [3.8, 4) is 34.4 Å². The first-order chi connectivity index (χ1) is 25.3. The molecular formula is C44H26N6S. The quantitative estimate of drug-likeness (QED) is 0.187. The number of thiophene rings is 1. The number of pyridine rings is 1. The highest BCUT2D eigenvalue weighted by atomic mass is 32.1. The molecule has 7 heteroatoms. The fraction of sp³-hybridized carbons (Fsp3) is 0. The van der Waals surface area contributed by atoms with Crippen LogP contribution in [0.15, 0.2) is 158 Å². The van der Waals surface area contributed by atoms with Crippen molar-refractivity contribution < 1.29 is 0 Å². The van der Waals surface area contributed by atoms with Crippen molar-refractivity contribution in [2.75, 3.05) is 0 Å². The zero-order chi connectivity index (χ0) is 33.5. The summed E-state index contributed by atoms with van der Waals surface area (Å²) < 4.78 is 6.98. The van der Waals surface area contributed by atoms with E-state index in [1.807, 2.05) is 47.9 Å². The molecule has 0 fully saturated rings. The first-order valence-corrected chi connectivity index (χ1v) is 17.7. The lowest BCUT2D eigenvalue weighted by molar-refractivity contribution is 0.951. The molecule has 0 saturated carbocycles. The summed E-state index contributed by atoms with van der Waals surface area (Å²) in [6, 6.07) is 52.8.